The van der Waals surface area contributed by atoms with Gasteiger partial charge in [-0.3, -0.25) is 9.97 Å². The summed E-state index contributed by atoms with van der Waals surface area (Å²) in [6, 6.07) is 6.21. The highest BCUT2D eigenvalue weighted by Gasteiger charge is 2.28. The van der Waals surface area contributed by atoms with Gasteiger partial charge in [-0.1, -0.05) is 13.3 Å². The van der Waals surface area contributed by atoms with Crippen LogP contribution in [0, 0.1) is 0 Å². The van der Waals surface area contributed by atoms with Gasteiger partial charge in [0.25, 0.3) is 0 Å². The second-order valence-electron chi connectivity index (χ2n) is 13.2. The number of rotatable bonds is 9. The number of fused-ring (bicyclic) bond motifs is 2. The second kappa shape index (κ2) is 16.7. The molecule has 0 N–H and O–H groups in total. The highest BCUT2D eigenvalue weighted by atomic mass is 16.6. The van der Waals surface area contributed by atoms with Crippen molar-refractivity contribution in [3.8, 4) is 0 Å². The molecule has 11 heteroatoms. The lowest BCUT2D eigenvalue weighted by Gasteiger charge is -2.31. The number of aromatic nitrogens is 4. The van der Waals surface area contributed by atoms with Crippen LogP contribution < -0.4 is 0 Å². The minimum absolute atomic E-state index is 0.175. The fraction of sp³-hybridized carbons (Fsp3) is 0.487. The van der Waals surface area contributed by atoms with Gasteiger partial charge in [-0.2, -0.15) is 0 Å². The van der Waals surface area contributed by atoms with Gasteiger partial charge in [0.05, 0.1) is 55.7 Å². The van der Waals surface area contributed by atoms with Crippen LogP contribution in [0.3, 0.4) is 0 Å². The van der Waals surface area contributed by atoms with Crippen LogP contribution in [-0.2, 0) is 22.6 Å². The molecule has 50 heavy (non-hydrogen) atoms. The van der Waals surface area contributed by atoms with Gasteiger partial charge in [0.2, 0.25) is 0 Å². The molecule has 5 aromatic heterocycles. The number of carbonyl (C=O) groups excluding carboxylic acids is 2. The van der Waals surface area contributed by atoms with Crippen LogP contribution in [0.25, 0.3) is 21.8 Å². The van der Waals surface area contributed by atoms with E-state index in [9.17, 15) is 9.59 Å². The largest absolute Gasteiger partial charge is 0.472 e. The zero-order valence-electron chi connectivity index (χ0n) is 29.6. The summed E-state index contributed by atoms with van der Waals surface area (Å²) in [4.78, 5) is 36.0. The molecule has 2 aliphatic rings. The van der Waals surface area contributed by atoms with Crippen molar-refractivity contribution in [1.82, 2.24) is 28.9 Å². The maximum absolute atomic E-state index is 11.9. The van der Waals surface area contributed by atoms with Crippen LogP contribution in [0.4, 0.5) is 9.59 Å². The third-order valence-electron chi connectivity index (χ3n) is 10.0. The number of unbranched alkanes of at least 4 members (excludes halogenated alkanes) is 1. The first-order chi connectivity index (χ1) is 24.5. The lowest BCUT2D eigenvalue weighted by Crippen LogP contribution is -2.38. The van der Waals surface area contributed by atoms with Crippen molar-refractivity contribution in [3.05, 3.63) is 84.6 Å². The molecule has 0 aliphatic carbocycles. The van der Waals surface area contributed by atoms with Gasteiger partial charge in [-0.25, -0.2) is 9.59 Å². The van der Waals surface area contributed by atoms with Gasteiger partial charge in [0.1, 0.15) is 0 Å². The molecule has 0 aromatic carbocycles. The number of amides is 2. The van der Waals surface area contributed by atoms with Crippen LogP contribution >= 0.6 is 0 Å². The number of ether oxygens (including phenoxy) is 2. The predicted octanol–water partition coefficient (Wildman–Crippen LogP) is 8.19. The van der Waals surface area contributed by atoms with Crippen LogP contribution in [-0.4, -0.2) is 80.5 Å². The summed E-state index contributed by atoms with van der Waals surface area (Å²) in [6.07, 6.45) is 21.5. The van der Waals surface area contributed by atoms with E-state index in [4.69, 9.17) is 13.9 Å². The van der Waals surface area contributed by atoms with Crippen molar-refractivity contribution in [2.75, 3.05) is 39.4 Å². The lowest BCUT2D eigenvalue weighted by atomic mass is 9.89. The Morgan fingerprint density at radius 2 is 1.28 bits per heavy atom. The van der Waals surface area contributed by atoms with E-state index < -0.39 is 0 Å². The normalized spacial score (nSPS) is 15.7. The monoisotopic (exact) mass is 682 g/mol. The summed E-state index contributed by atoms with van der Waals surface area (Å²) < 4.78 is 20.0. The van der Waals surface area contributed by atoms with Crippen molar-refractivity contribution in [3.63, 3.8) is 0 Å². The molecule has 266 valence electrons. The Labute approximate surface area is 294 Å². The number of hydrogen-bond acceptors (Lipinski definition) is 7. The van der Waals surface area contributed by atoms with Crippen molar-refractivity contribution in [2.45, 2.75) is 84.2 Å². The molecule has 0 spiro atoms. The van der Waals surface area contributed by atoms with E-state index in [1.165, 1.54) is 40.3 Å². The van der Waals surface area contributed by atoms with Crippen LogP contribution in [0.2, 0.25) is 0 Å². The SMILES string of the molecule is CCCCn1cc(C2CCN(C(=O)OCC)CC2)c2ccncc21.CCOC(=O)N1CCC(c2cn(Cc3ccoc3)c3cnccc23)CC1. The number of piperidine rings is 2. The molecule has 0 atom stereocenters. The Hall–Kier alpha value is -4.80. The lowest BCUT2D eigenvalue weighted by molar-refractivity contribution is 0.0963. The van der Waals surface area contributed by atoms with Gasteiger partial charge in [-0.05, 0) is 87.1 Å². The number of pyridine rings is 2. The van der Waals surface area contributed by atoms with Crippen LogP contribution in [0.1, 0.15) is 87.8 Å². The van der Waals surface area contributed by atoms with E-state index in [2.05, 4.69) is 50.6 Å². The maximum atomic E-state index is 11.9. The number of furan rings is 1. The van der Waals surface area contributed by atoms with Gasteiger partial charge in [0, 0.05) is 73.8 Å². The molecule has 2 aliphatic heterocycles. The summed E-state index contributed by atoms with van der Waals surface area (Å²) >= 11 is 0. The average Bonchev–Trinajstić information content (AvgIpc) is 3.90. The molecule has 2 saturated heterocycles. The summed E-state index contributed by atoms with van der Waals surface area (Å²) in [5.41, 5.74) is 6.25. The summed E-state index contributed by atoms with van der Waals surface area (Å²) in [5.74, 6) is 0.944. The number of hydrogen-bond donors (Lipinski definition) is 0. The molecule has 7 rings (SSSR count). The standard InChI is InChI=1S/C20H23N3O3.C19H27N3O2/c1-2-26-20(24)22-8-4-16(5-9-22)18-13-23(12-15-6-10-25-14-15)19-11-21-7-3-17(18)19;1-3-5-10-22-14-17(16-6-9-20-13-18(16)22)15-7-11-21(12-8-15)19(23)24-4-2/h3,6-7,10-11,13-14,16H,2,4-5,8-9,12H2,1H3;6,9,13-15H,3-5,7-8,10-12H2,1-2H3. The summed E-state index contributed by atoms with van der Waals surface area (Å²) in [7, 11) is 0. The summed E-state index contributed by atoms with van der Waals surface area (Å²) in [5, 5.41) is 2.56. The smallest absolute Gasteiger partial charge is 0.409 e. The Morgan fingerprint density at radius 3 is 1.76 bits per heavy atom. The third kappa shape index (κ3) is 7.98. The van der Waals surface area contributed by atoms with Crippen molar-refractivity contribution in [1.29, 1.82) is 0 Å². The second-order valence-corrected chi connectivity index (χ2v) is 13.2. The molecule has 0 bridgehead atoms. The van der Waals surface area contributed by atoms with E-state index in [1.807, 2.05) is 54.5 Å². The van der Waals surface area contributed by atoms with Gasteiger partial charge in [-0.15, -0.1) is 0 Å². The third-order valence-corrected chi connectivity index (χ3v) is 10.0. The van der Waals surface area contributed by atoms with E-state index >= 15 is 0 Å². The van der Waals surface area contributed by atoms with Gasteiger partial charge < -0.3 is 32.8 Å². The number of carbonyl (C=O) groups is 2. The molecular formula is C39H50N6O5. The Kier molecular flexibility index (Phi) is 11.7. The highest BCUT2D eigenvalue weighted by molar-refractivity contribution is 5.84. The van der Waals surface area contributed by atoms with Crippen LogP contribution in [0.5, 0.6) is 0 Å². The minimum Gasteiger partial charge on any atom is -0.472 e. The quantitative estimate of drug-likeness (QED) is 0.154. The molecule has 11 nitrogen and oxygen atoms in total. The van der Waals surface area contributed by atoms with Crippen molar-refractivity contribution in [2.24, 2.45) is 0 Å². The molecule has 5 aromatic rings. The Balaban J connectivity index is 0.000000174. The zero-order chi connectivity index (χ0) is 34.9. The van der Waals surface area contributed by atoms with Crippen molar-refractivity contribution < 1.29 is 23.5 Å². The summed E-state index contributed by atoms with van der Waals surface area (Å²) in [6.45, 7) is 11.6. The van der Waals surface area contributed by atoms with Gasteiger partial charge in [0.15, 0.2) is 0 Å². The first kappa shape index (κ1) is 35.0. The first-order valence-corrected chi connectivity index (χ1v) is 18.2. The zero-order valence-corrected chi connectivity index (χ0v) is 29.6. The maximum Gasteiger partial charge on any atom is 0.409 e. The predicted molar refractivity (Wildman–Crippen MR) is 193 cm³/mol. The van der Waals surface area contributed by atoms with E-state index in [0.717, 1.165) is 76.0 Å². The number of likely N-dealkylation sites (tertiary alicyclic amines) is 2. The molecule has 0 saturated carbocycles. The van der Waals surface area contributed by atoms with Crippen molar-refractivity contribution >= 4 is 34.0 Å². The Morgan fingerprint density at radius 1 is 0.760 bits per heavy atom. The number of aryl methyl sites for hydroxylation is 1. The average molecular weight is 683 g/mol. The van der Waals surface area contributed by atoms with E-state index in [-0.39, 0.29) is 12.2 Å². The number of nitrogens with zero attached hydrogens (tertiary/aromatic N) is 6. The molecule has 0 radical (unpaired) electrons. The molecule has 2 amide bonds. The van der Waals surface area contributed by atoms with Gasteiger partial charge >= 0.3 is 12.2 Å². The molecule has 0 unspecified atom stereocenters. The molecule has 7 heterocycles. The first-order valence-electron chi connectivity index (χ1n) is 18.2. The fourth-order valence-electron chi connectivity index (χ4n) is 7.38. The fourth-order valence-corrected chi connectivity index (χ4v) is 7.38. The van der Waals surface area contributed by atoms with Crippen LogP contribution in [0.15, 0.2) is 72.3 Å². The molecular weight excluding hydrogens is 632 g/mol. The molecule has 2 fully saturated rings. The topological polar surface area (TPSA) is 108 Å². The minimum atomic E-state index is -0.197. The highest BCUT2D eigenvalue weighted by Crippen LogP contribution is 2.36. The van der Waals surface area contributed by atoms with E-state index in [0.29, 0.717) is 25.0 Å². The van der Waals surface area contributed by atoms with E-state index in [1.54, 1.807) is 12.5 Å². The Bertz CT molecular complexity index is 1830.